The Kier molecular flexibility index (Phi) is 3.55. The van der Waals surface area contributed by atoms with E-state index in [0.717, 1.165) is 5.56 Å². The summed E-state index contributed by atoms with van der Waals surface area (Å²) in [5, 5.41) is 0. The van der Waals surface area contributed by atoms with E-state index in [-0.39, 0.29) is 6.61 Å². The molecule has 0 amide bonds. The largest absolute Gasteiger partial charge is 0.457 e. The van der Waals surface area contributed by atoms with E-state index in [1.165, 1.54) is 6.08 Å². The SMILES string of the molecule is C=C=CC(=O)OCc1ccccc1. The van der Waals surface area contributed by atoms with Crippen LogP contribution in [0.3, 0.4) is 0 Å². The maximum Gasteiger partial charge on any atom is 0.338 e. The van der Waals surface area contributed by atoms with Gasteiger partial charge in [0.15, 0.2) is 0 Å². The van der Waals surface area contributed by atoms with Crippen molar-refractivity contribution in [3.8, 4) is 0 Å². The van der Waals surface area contributed by atoms with E-state index in [0.29, 0.717) is 0 Å². The Bertz CT molecular complexity index is 321. The highest BCUT2D eigenvalue weighted by Crippen LogP contribution is 2.00. The molecular formula is C11H10O2. The zero-order valence-electron chi connectivity index (χ0n) is 7.19. The van der Waals surface area contributed by atoms with Crippen molar-refractivity contribution in [2.24, 2.45) is 0 Å². The van der Waals surface area contributed by atoms with Gasteiger partial charge in [0, 0.05) is 0 Å². The Hall–Kier alpha value is -1.79. The molecule has 0 saturated carbocycles. The van der Waals surface area contributed by atoms with Gasteiger partial charge < -0.3 is 4.74 Å². The first-order valence-corrected chi connectivity index (χ1v) is 3.89. The lowest BCUT2D eigenvalue weighted by Gasteiger charge is -2.00. The van der Waals surface area contributed by atoms with Crippen LogP contribution in [0.25, 0.3) is 0 Å². The summed E-state index contributed by atoms with van der Waals surface area (Å²) in [5.74, 6) is -0.418. The average Bonchev–Trinajstić information content (AvgIpc) is 2.17. The smallest absolute Gasteiger partial charge is 0.338 e. The first-order chi connectivity index (χ1) is 6.33. The van der Waals surface area contributed by atoms with Gasteiger partial charge in [-0.2, -0.15) is 0 Å². The van der Waals surface area contributed by atoms with Crippen LogP contribution in [-0.2, 0) is 16.1 Å². The Balaban J connectivity index is 2.44. The minimum absolute atomic E-state index is 0.290. The van der Waals surface area contributed by atoms with Crippen LogP contribution < -0.4 is 0 Å². The molecule has 0 atom stereocenters. The second-order valence-electron chi connectivity index (χ2n) is 2.44. The number of hydrogen-bond acceptors (Lipinski definition) is 2. The molecule has 0 unspecified atom stereocenters. The molecule has 0 aliphatic heterocycles. The van der Waals surface area contributed by atoms with E-state index in [1.54, 1.807) is 0 Å². The summed E-state index contributed by atoms with van der Waals surface area (Å²) in [7, 11) is 0. The van der Waals surface area contributed by atoms with Crippen LogP contribution in [0.1, 0.15) is 5.56 Å². The molecule has 1 aromatic carbocycles. The number of rotatable bonds is 3. The van der Waals surface area contributed by atoms with Crippen LogP contribution in [-0.4, -0.2) is 5.97 Å². The van der Waals surface area contributed by atoms with Crippen molar-refractivity contribution >= 4 is 5.97 Å². The molecule has 0 aliphatic carbocycles. The predicted octanol–water partition coefficient (Wildman–Crippen LogP) is 2.07. The third-order valence-electron chi connectivity index (χ3n) is 1.44. The van der Waals surface area contributed by atoms with Gasteiger partial charge in [-0.25, -0.2) is 4.79 Å². The Morgan fingerprint density at radius 3 is 2.77 bits per heavy atom. The minimum Gasteiger partial charge on any atom is -0.457 e. The van der Waals surface area contributed by atoms with E-state index in [4.69, 9.17) is 4.74 Å². The molecule has 13 heavy (non-hydrogen) atoms. The highest BCUT2D eigenvalue weighted by atomic mass is 16.5. The zero-order chi connectivity index (χ0) is 9.52. The van der Waals surface area contributed by atoms with Gasteiger partial charge >= 0.3 is 5.97 Å². The molecule has 0 bridgehead atoms. The summed E-state index contributed by atoms with van der Waals surface area (Å²) in [6, 6.07) is 9.49. The molecule has 2 nitrogen and oxygen atoms in total. The van der Waals surface area contributed by atoms with E-state index in [9.17, 15) is 4.79 Å². The molecule has 1 aromatic rings. The maximum atomic E-state index is 10.8. The van der Waals surface area contributed by atoms with Crippen LogP contribution in [0, 0.1) is 0 Å². The molecule has 0 N–H and O–H groups in total. The summed E-state index contributed by atoms with van der Waals surface area (Å²) in [4.78, 5) is 10.8. The van der Waals surface area contributed by atoms with Gasteiger partial charge in [-0.05, 0) is 5.56 Å². The molecule has 0 saturated heterocycles. The standard InChI is InChI=1S/C11H10O2/c1-2-6-11(12)13-9-10-7-4-3-5-8-10/h3-8H,1,9H2. The Morgan fingerprint density at radius 2 is 2.15 bits per heavy atom. The quantitative estimate of drug-likeness (QED) is 0.398. The zero-order valence-corrected chi connectivity index (χ0v) is 7.19. The van der Waals surface area contributed by atoms with Crippen LogP contribution in [0.4, 0.5) is 0 Å². The van der Waals surface area contributed by atoms with Crippen LogP contribution in [0.15, 0.2) is 48.7 Å². The molecule has 0 aromatic heterocycles. The van der Waals surface area contributed by atoms with Crippen molar-refractivity contribution in [3.63, 3.8) is 0 Å². The summed E-state index contributed by atoms with van der Waals surface area (Å²) >= 11 is 0. The number of hydrogen-bond donors (Lipinski definition) is 0. The van der Waals surface area contributed by atoms with Gasteiger partial charge in [0.2, 0.25) is 0 Å². The number of carbonyl (C=O) groups excluding carboxylic acids is 1. The highest BCUT2D eigenvalue weighted by Gasteiger charge is 1.96. The normalized spacial score (nSPS) is 8.62. The predicted molar refractivity (Wildman–Crippen MR) is 49.9 cm³/mol. The topological polar surface area (TPSA) is 26.3 Å². The highest BCUT2D eigenvalue weighted by molar-refractivity contribution is 5.81. The van der Waals surface area contributed by atoms with Gasteiger partial charge in [0.05, 0.1) is 6.08 Å². The molecule has 2 heteroatoms. The van der Waals surface area contributed by atoms with Gasteiger partial charge in [0.1, 0.15) is 6.61 Å². The van der Waals surface area contributed by atoms with E-state index in [1.807, 2.05) is 30.3 Å². The molecule has 0 spiro atoms. The average molecular weight is 174 g/mol. The number of benzene rings is 1. The second kappa shape index (κ2) is 4.96. The summed E-state index contributed by atoms with van der Waals surface area (Å²) in [5.41, 5.74) is 3.32. The Morgan fingerprint density at radius 1 is 1.46 bits per heavy atom. The monoisotopic (exact) mass is 174 g/mol. The molecule has 1 rings (SSSR count). The van der Waals surface area contributed by atoms with Gasteiger partial charge in [-0.15, -0.1) is 5.73 Å². The number of ether oxygens (including phenoxy) is 1. The van der Waals surface area contributed by atoms with Crippen LogP contribution in [0.2, 0.25) is 0 Å². The molecule has 66 valence electrons. The van der Waals surface area contributed by atoms with Crippen molar-refractivity contribution in [1.82, 2.24) is 0 Å². The number of carbonyl (C=O) groups is 1. The first kappa shape index (κ1) is 9.30. The second-order valence-corrected chi connectivity index (χ2v) is 2.44. The third kappa shape index (κ3) is 3.41. The summed E-state index contributed by atoms with van der Waals surface area (Å²) in [6.45, 7) is 3.56. The van der Waals surface area contributed by atoms with Crippen molar-refractivity contribution in [2.75, 3.05) is 0 Å². The molecule has 0 heterocycles. The van der Waals surface area contributed by atoms with Crippen molar-refractivity contribution in [3.05, 3.63) is 54.3 Å². The lowest BCUT2D eigenvalue weighted by atomic mass is 10.2. The van der Waals surface area contributed by atoms with E-state index >= 15 is 0 Å². The first-order valence-electron chi connectivity index (χ1n) is 3.89. The molecule has 0 fully saturated rings. The summed E-state index contributed by atoms with van der Waals surface area (Å²) in [6.07, 6.45) is 1.17. The van der Waals surface area contributed by atoms with Gasteiger partial charge in [-0.1, -0.05) is 36.9 Å². The molecule has 0 radical (unpaired) electrons. The van der Waals surface area contributed by atoms with E-state index < -0.39 is 5.97 Å². The van der Waals surface area contributed by atoms with E-state index in [2.05, 4.69) is 12.3 Å². The molecular weight excluding hydrogens is 164 g/mol. The van der Waals surface area contributed by atoms with Crippen LogP contribution in [0.5, 0.6) is 0 Å². The lowest BCUT2D eigenvalue weighted by molar-refractivity contribution is -0.138. The fourth-order valence-electron chi connectivity index (χ4n) is 0.854. The van der Waals surface area contributed by atoms with Crippen molar-refractivity contribution < 1.29 is 9.53 Å². The molecule has 0 aliphatic rings. The number of esters is 1. The fourth-order valence-corrected chi connectivity index (χ4v) is 0.854. The summed E-state index contributed by atoms with van der Waals surface area (Å²) < 4.78 is 4.87. The van der Waals surface area contributed by atoms with Gasteiger partial charge in [-0.3, -0.25) is 0 Å². The van der Waals surface area contributed by atoms with Crippen LogP contribution >= 0.6 is 0 Å². The third-order valence-corrected chi connectivity index (χ3v) is 1.44. The van der Waals surface area contributed by atoms with Crippen molar-refractivity contribution in [2.45, 2.75) is 6.61 Å². The Labute approximate surface area is 77.2 Å². The maximum absolute atomic E-state index is 10.8. The van der Waals surface area contributed by atoms with Gasteiger partial charge in [0.25, 0.3) is 0 Å². The van der Waals surface area contributed by atoms with Crippen molar-refractivity contribution in [1.29, 1.82) is 0 Å². The minimum atomic E-state index is -0.418. The fraction of sp³-hybridized carbons (Fsp3) is 0.0909. The lowest BCUT2D eigenvalue weighted by Crippen LogP contribution is -1.99.